The average Bonchev–Trinajstić information content (AvgIpc) is 2.51. The molecule has 0 radical (unpaired) electrons. The van der Waals surface area contributed by atoms with Gasteiger partial charge >= 0.3 is 0 Å². The maximum Gasteiger partial charge on any atom is 0.136 e. The highest BCUT2D eigenvalue weighted by Gasteiger charge is 2.13. The Labute approximate surface area is 135 Å². The van der Waals surface area contributed by atoms with Gasteiger partial charge in [-0.15, -0.1) is 0 Å². The molecule has 1 heterocycles. The van der Waals surface area contributed by atoms with Crippen LogP contribution in [0.1, 0.15) is 18.9 Å². The van der Waals surface area contributed by atoms with Crippen molar-refractivity contribution >= 4 is 15.9 Å². The molecule has 1 fully saturated rings. The highest BCUT2D eigenvalue weighted by molar-refractivity contribution is 9.10. The highest BCUT2D eigenvalue weighted by Crippen LogP contribution is 2.30. The first-order chi connectivity index (χ1) is 10.2. The first-order valence-corrected chi connectivity index (χ1v) is 8.46. The molecular formula is C16H25BrN2O2. The van der Waals surface area contributed by atoms with E-state index in [1.165, 1.54) is 5.56 Å². The van der Waals surface area contributed by atoms with Crippen LogP contribution in [0.4, 0.5) is 0 Å². The molecule has 0 aliphatic carbocycles. The van der Waals surface area contributed by atoms with Gasteiger partial charge in [0.15, 0.2) is 0 Å². The van der Waals surface area contributed by atoms with Crippen LogP contribution >= 0.6 is 15.9 Å². The van der Waals surface area contributed by atoms with E-state index in [0.717, 1.165) is 55.9 Å². The molecule has 0 amide bonds. The predicted molar refractivity (Wildman–Crippen MR) is 88.9 cm³/mol. The Morgan fingerprint density at radius 1 is 1.38 bits per heavy atom. The molecule has 0 saturated carbocycles. The largest absolute Gasteiger partial charge is 0.491 e. The van der Waals surface area contributed by atoms with Gasteiger partial charge < -0.3 is 15.2 Å². The van der Waals surface area contributed by atoms with E-state index in [1.807, 2.05) is 12.1 Å². The van der Waals surface area contributed by atoms with Crippen molar-refractivity contribution < 1.29 is 9.47 Å². The van der Waals surface area contributed by atoms with Crippen LogP contribution in [0.3, 0.4) is 0 Å². The highest BCUT2D eigenvalue weighted by atomic mass is 79.9. The molecule has 1 aromatic carbocycles. The van der Waals surface area contributed by atoms with E-state index in [4.69, 9.17) is 15.2 Å². The van der Waals surface area contributed by atoms with Crippen molar-refractivity contribution in [1.29, 1.82) is 0 Å². The topological polar surface area (TPSA) is 47.7 Å². The number of ether oxygens (including phenoxy) is 2. The Morgan fingerprint density at radius 3 is 2.86 bits per heavy atom. The number of rotatable bonds is 7. The Balaban J connectivity index is 1.91. The number of halogens is 1. The molecule has 5 heteroatoms. The van der Waals surface area contributed by atoms with E-state index in [1.54, 1.807) is 0 Å². The number of para-hydroxylation sites is 1. The van der Waals surface area contributed by atoms with Crippen molar-refractivity contribution in [3.8, 4) is 5.75 Å². The molecule has 1 atom stereocenters. The zero-order chi connectivity index (χ0) is 15.1. The van der Waals surface area contributed by atoms with Crippen LogP contribution in [0.25, 0.3) is 0 Å². The lowest BCUT2D eigenvalue weighted by Gasteiger charge is -2.26. The van der Waals surface area contributed by atoms with Crippen LogP contribution in [0.2, 0.25) is 0 Å². The molecule has 21 heavy (non-hydrogen) atoms. The van der Waals surface area contributed by atoms with Crippen LogP contribution in [0.5, 0.6) is 5.75 Å². The molecule has 0 aromatic heterocycles. The Hall–Kier alpha value is -0.620. The summed E-state index contributed by atoms with van der Waals surface area (Å²) in [6.07, 6.45) is 1.82. The molecule has 4 nitrogen and oxygen atoms in total. The molecule has 118 valence electrons. The van der Waals surface area contributed by atoms with Crippen molar-refractivity contribution in [2.24, 2.45) is 5.73 Å². The monoisotopic (exact) mass is 356 g/mol. The fraction of sp³-hybridized carbons (Fsp3) is 0.625. The second-order valence-corrected chi connectivity index (χ2v) is 6.26. The fourth-order valence-electron chi connectivity index (χ4n) is 2.40. The number of morpholine rings is 1. The van der Waals surface area contributed by atoms with Gasteiger partial charge in [-0.2, -0.15) is 0 Å². The zero-order valence-corrected chi connectivity index (χ0v) is 14.3. The smallest absolute Gasteiger partial charge is 0.136 e. The third kappa shape index (κ3) is 5.25. The van der Waals surface area contributed by atoms with E-state index in [2.05, 4.69) is 33.8 Å². The minimum atomic E-state index is 0.181. The molecular weight excluding hydrogens is 332 g/mol. The minimum Gasteiger partial charge on any atom is -0.491 e. The lowest BCUT2D eigenvalue weighted by molar-refractivity contribution is 0.0321. The normalized spacial score (nSPS) is 17.7. The zero-order valence-electron chi connectivity index (χ0n) is 12.7. The molecule has 1 unspecified atom stereocenters. The van der Waals surface area contributed by atoms with Gasteiger partial charge in [-0.25, -0.2) is 0 Å². The third-order valence-electron chi connectivity index (χ3n) is 3.81. The van der Waals surface area contributed by atoms with Gasteiger partial charge in [0, 0.05) is 25.7 Å². The van der Waals surface area contributed by atoms with Crippen molar-refractivity contribution in [1.82, 2.24) is 4.90 Å². The first kappa shape index (κ1) is 16.7. The van der Waals surface area contributed by atoms with Crippen molar-refractivity contribution in [2.75, 3.05) is 39.5 Å². The van der Waals surface area contributed by atoms with E-state index in [-0.39, 0.29) is 6.04 Å². The van der Waals surface area contributed by atoms with Crippen LogP contribution in [-0.2, 0) is 11.2 Å². The number of nitrogens with zero attached hydrogens (tertiary/aromatic N) is 1. The van der Waals surface area contributed by atoms with Gasteiger partial charge in [-0.1, -0.05) is 19.1 Å². The van der Waals surface area contributed by atoms with E-state index < -0.39 is 0 Å². The van der Waals surface area contributed by atoms with Crippen LogP contribution in [0.15, 0.2) is 22.7 Å². The lowest BCUT2D eigenvalue weighted by Crippen LogP contribution is -2.38. The van der Waals surface area contributed by atoms with Gasteiger partial charge in [0.1, 0.15) is 12.4 Å². The van der Waals surface area contributed by atoms with Crippen molar-refractivity contribution in [3.05, 3.63) is 28.2 Å². The summed E-state index contributed by atoms with van der Waals surface area (Å²) in [5.41, 5.74) is 7.26. The maximum atomic E-state index is 6.08. The van der Waals surface area contributed by atoms with Gasteiger partial charge in [-0.3, -0.25) is 4.90 Å². The van der Waals surface area contributed by atoms with E-state index >= 15 is 0 Å². The van der Waals surface area contributed by atoms with Crippen LogP contribution < -0.4 is 10.5 Å². The maximum absolute atomic E-state index is 6.08. The number of hydrogen-bond acceptors (Lipinski definition) is 4. The second-order valence-electron chi connectivity index (χ2n) is 5.40. The summed E-state index contributed by atoms with van der Waals surface area (Å²) in [5.74, 6) is 0.939. The Bertz CT molecular complexity index is 436. The Kier molecular flexibility index (Phi) is 6.96. The molecule has 1 aromatic rings. The lowest BCUT2D eigenvalue weighted by atomic mass is 10.0. The van der Waals surface area contributed by atoms with E-state index in [9.17, 15) is 0 Å². The summed E-state index contributed by atoms with van der Waals surface area (Å²) in [5, 5.41) is 0. The third-order valence-corrected chi connectivity index (χ3v) is 4.44. The van der Waals surface area contributed by atoms with Crippen molar-refractivity contribution in [2.45, 2.75) is 25.8 Å². The van der Waals surface area contributed by atoms with Crippen molar-refractivity contribution in [3.63, 3.8) is 0 Å². The quantitative estimate of drug-likeness (QED) is 0.814. The molecule has 1 saturated heterocycles. The Morgan fingerprint density at radius 2 is 2.14 bits per heavy atom. The molecule has 1 aliphatic heterocycles. The summed E-state index contributed by atoms with van der Waals surface area (Å²) >= 11 is 3.59. The minimum absolute atomic E-state index is 0.181. The summed E-state index contributed by atoms with van der Waals surface area (Å²) in [6, 6.07) is 6.34. The number of nitrogens with two attached hydrogens (primary N) is 1. The predicted octanol–water partition coefficient (Wildman–Crippen LogP) is 2.44. The van der Waals surface area contributed by atoms with Gasteiger partial charge in [-0.05, 0) is 40.4 Å². The molecule has 1 aliphatic rings. The van der Waals surface area contributed by atoms with Gasteiger partial charge in [0.2, 0.25) is 0 Å². The van der Waals surface area contributed by atoms with Gasteiger partial charge in [0.25, 0.3) is 0 Å². The fourth-order valence-corrected chi connectivity index (χ4v) is 2.93. The molecule has 2 N–H and O–H groups in total. The first-order valence-electron chi connectivity index (χ1n) is 7.66. The van der Waals surface area contributed by atoms with Crippen LogP contribution in [-0.4, -0.2) is 50.4 Å². The number of hydrogen-bond donors (Lipinski definition) is 1. The molecule has 2 rings (SSSR count). The van der Waals surface area contributed by atoms with Crippen LogP contribution in [0, 0.1) is 0 Å². The summed E-state index contributed by atoms with van der Waals surface area (Å²) in [4.78, 5) is 2.37. The molecule has 0 bridgehead atoms. The number of benzene rings is 1. The van der Waals surface area contributed by atoms with Gasteiger partial charge in [0.05, 0.1) is 17.7 Å². The summed E-state index contributed by atoms with van der Waals surface area (Å²) < 4.78 is 12.4. The standard InChI is InChI=1S/C16H25BrN2O2/c1-2-14(18)12-13-4-3-5-15(17)16(13)21-11-8-19-6-9-20-10-7-19/h3-5,14H,2,6-12,18H2,1H3. The SMILES string of the molecule is CCC(N)Cc1cccc(Br)c1OCCN1CCOCC1. The van der Waals surface area contributed by atoms with E-state index in [0.29, 0.717) is 6.61 Å². The summed E-state index contributed by atoms with van der Waals surface area (Å²) in [7, 11) is 0. The summed E-state index contributed by atoms with van der Waals surface area (Å²) in [6.45, 7) is 7.37. The molecule has 0 spiro atoms. The average molecular weight is 357 g/mol. The second kappa shape index (κ2) is 8.73.